The molecule has 2 atom stereocenters. The van der Waals surface area contributed by atoms with E-state index in [-0.39, 0.29) is 6.61 Å². The number of benzene rings is 2. The summed E-state index contributed by atoms with van der Waals surface area (Å²) in [7, 11) is 1.59. The zero-order chi connectivity index (χ0) is 31.2. The number of rotatable bonds is 20. The van der Waals surface area contributed by atoms with Crippen LogP contribution < -0.4 is 5.32 Å². The summed E-state index contributed by atoms with van der Waals surface area (Å²) < 4.78 is 19.4. The van der Waals surface area contributed by atoms with Gasteiger partial charge in [0.25, 0.3) is 5.91 Å². The molecule has 3 rings (SSSR count). The Balaban J connectivity index is 1.45. The Kier molecular flexibility index (Phi) is 13.8. The number of aliphatic carboxylic acids is 2. The van der Waals surface area contributed by atoms with Gasteiger partial charge in [0.05, 0.1) is 17.4 Å². The van der Waals surface area contributed by atoms with Crippen molar-refractivity contribution in [2.24, 2.45) is 0 Å². The van der Waals surface area contributed by atoms with E-state index in [2.05, 4.69) is 46.1 Å². The first-order chi connectivity index (χ1) is 20.7. The fourth-order valence-corrected chi connectivity index (χ4v) is 5.21. The van der Waals surface area contributed by atoms with Crippen LogP contribution in [-0.2, 0) is 30.3 Å². The molecular weight excluding hydrogens is 572 g/mol. The van der Waals surface area contributed by atoms with Crippen LogP contribution in [0.4, 0.5) is 5.69 Å². The van der Waals surface area contributed by atoms with Crippen LogP contribution in [0.2, 0.25) is 0 Å². The number of anilines is 1. The number of carboxylic acid groups (broad SMARTS) is 2. The first-order valence-corrected chi connectivity index (χ1v) is 15.3. The lowest BCUT2D eigenvalue weighted by Gasteiger charge is -2.27. The minimum Gasteiger partial charge on any atom is -0.480 e. The Bertz CT molecular complexity index is 1350. The second-order valence-corrected chi connectivity index (χ2v) is 11.2. The summed E-state index contributed by atoms with van der Waals surface area (Å²) in [5.41, 5.74) is 6.42. The highest BCUT2D eigenvalue weighted by Gasteiger charge is 2.37. The summed E-state index contributed by atoms with van der Waals surface area (Å²) in [5, 5.41) is 22.1. The summed E-state index contributed by atoms with van der Waals surface area (Å²) in [4.78, 5) is 37.7. The van der Waals surface area contributed by atoms with Crippen LogP contribution in [0.5, 0.6) is 0 Å². The molecule has 0 radical (unpaired) electrons. The molecule has 3 N–H and O–H groups in total. The number of carboxylic acids is 2. The highest BCUT2D eigenvalue weighted by Crippen LogP contribution is 2.21. The van der Waals surface area contributed by atoms with Gasteiger partial charge in [-0.1, -0.05) is 30.7 Å². The molecule has 1 heterocycles. The number of carbonyl (C=O) groups is 3. The van der Waals surface area contributed by atoms with Crippen LogP contribution in [-0.4, -0.2) is 87.3 Å². The molecule has 234 valence electrons. The normalized spacial score (nSPS) is 12.6. The second-order valence-electron chi connectivity index (χ2n) is 10.7. The zero-order valence-electron chi connectivity index (χ0n) is 25.1. The molecular formula is C31H42N4O7S. The maximum absolute atomic E-state index is 13.3. The van der Waals surface area contributed by atoms with E-state index in [1.165, 1.54) is 33.3 Å². The lowest BCUT2D eigenvalue weighted by Crippen LogP contribution is -2.50. The van der Waals surface area contributed by atoms with E-state index in [1.807, 2.05) is 18.2 Å². The van der Waals surface area contributed by atoms with Crippen LogP contribution in [0.3, 0.4) is 0 Å². The number of nitrogens with zero attached hydrogens (tertiary/aromatic N) is 3. The standard InChI is InChI=1S/C31H42N4O7S/c1-21-14-15-23(19-22(21)2)11-6-4-9-18-41-28(29(31(39)40)42-20-26(36)37)30(38)35(3)17-8-5-7-16-32-24-12-10-13-25-27(24)34-43-33-25/h10,12-15,19,28-29,32H,4-9,11,16-18,20H2,1-3H3,(H,36,37)(H,39,40). The Labute approximate surface area is 256 Å². The summed E-state index contributed by atoms with van der Waals surface area (Å²) in [6, 6.07) is 12.2. The van der Waals surface area contributed by atoms with E-state index in [4.69, 9.17) is 14.6 Å². The highest BCUT2D eigenvalue weighted by molar-refractivity contribution is 7.00. The smallest absolute Gasteiger partial charge is 0.336 e. The molecule has 0 aliphatic carbocycles. The van der Waals surface area contributed by atoms with Gasteiger partial charge < -0.3 is 29.9 Å². The summed E-state index contributed by atoms with van der Waals surface area (Å²) in [6.45, 7) is 4.61. The molecule has 0 fully saturated rings. The first kappa shape index (κ1) is 33.9. The number of hydrogen-bond acceptors (Lipinski definition) is 9. The fraction of sp³-hybridized carbons (Fsp3) is 0.516. The average Bonchev–Trinajstić information content (AvgIpc) is 3.46. The van der Waals surface area contributed by atoms with Crippen LogP contribution in [0.1, 0.15) is 55.2 Å². The van der Waals surface area contributed by atoms with Crippen molar-refractivity contribution in [1.82, 2.24) is 13.6 Å². The highest BCUT2D eigenvalue weighted by atomic mass is 32.1. The third-order valence-electron chi connectivity index (χ3n) is 7.27. The van der Waals surface area contributed by atoms with Gasteiger partial charge in [0.15, 0.2) is 12.2 Å². The SMILES string of the molecule is Cc1ccc(CCCCCOC(C(=O)N(C)CCCCCNc2cccc3nsnc23)C(OCC(=O)O)C(=O)O)cc1C. The molecule has 1 amide bonds. The molecule has 0 aliphatic heterocycles. The molecule has 0 saturated carbocycles. The van der Waals surface area contributed by atoms with Gasteiger partial charge in [-0.3, -0.25) is 4.79 Å². The molecule has 1 aromatic heterocycles. The van der Waals surface area contributed by atoms with E-state index < -0.39 is 36.7 Å². The van der Waals surface area contributed by atoms with E-state index in [0.717, 1.165) is 55.4 Å². The molecule has 2 unspecified atom stereocenters. The van der Waals surface area contributed by atoms with Crippen molar-refractivity contribution in [3.05, 3.63) is 53.1 Å². The van der Waals surface area contributed by atoms with Gasteiger partial charge in [0, 0.05) is 26.7 Å². The molecule has 43 heavy (non-hydrogen) atoms. The quantitative estimate of drug-likeness (QED) is 0.153. The maximum atomic E-state index is 13.3. The average molecular weight is 615 g/mol. The Hall–Kier alpha value is -3.61. The molecule has 0 saturated heterocycles. The van der Waals surface area contributed by atoms with E-state index >= 15 is 0 Å². The Morgan fingerprint density at radius 1 is 0.930 bits per heavy atom. The summed E-state index contributed by atoms with van der Waals surface area (Å²) in [6.07, 6.45) is 2.51. The molecule has 0 spiro atoms. The van der Waals surface area contributed by atoms with Crippen LogP contribution in [0.15, 0.2) is 36.4 Å². The minimum absolute atomic E-state index is 0.157. The van der Waals surface area contributed by atoms with Gasteiger partial charge in [-0.2, -0.15) is 8.75 Å². The van der Waals surface area contributed by atoms with Crippen molar-refractivity contribution in [3.63, 3.8) is 0 Å². The predicted molar refractivity (Wildman–Crippen MR) is 166 cm³/mol. The first-order valence-electron chi connectivity index (χ1n) is 14.6. The van der Waals surface area contributed by atoms with Gasteiger partial charge in [-0.25, -0.2) is 9.59 Å². The van der Waals surface area contributed by atoms with E-state index in [1.54, 1.807) is 7.05 Å². The van der Waals surface area contributed by atoms with Gasteiger partial charge >= 0.3 is 11.9 Å². The van der Waals surface area contributed by atoms with Crippen LogP contribution >= 0.6 is 11.7 Å². The topological polar surface area (TPSA) is 151 Å². The third kappa shape index (κ3) is 10.9. The van der Waals surface area contributed by atoms with Gasteiger partial charge in [0.2, 0.25) is 0 Å². The second kappa shape index (κ2) is 17.5. The molecule has 2 aromatic carbocycles. The Morgan fingerprint density at radius 2 is 1.72 bits per heavy atom. The Morgan fingerprint density at radius 3 is 2.47 bits per heavy atom. The lowest BCUT2D eigenvalue weighted by atomic mass is 10.0. The molecule has 3 aromatic rings. The van der Waals surface area contributed by atoms with Crippen molar-refractivity contribution in [2.75, 3.05) is 38.7 Å². The monoisotopic (exact) mass is 614 g/mol. The van der Waals surface area contributed by atoms with Gasteiger partial charge in [-0.05, 0) is 81.2 Å². The van der Waals surface area contributed by atoms with Crippen molar-refractivity contribution in [2.45, 2.75) is 71.0 Å². The third-order valence-corrected chi connectivity index (χ3v) is 7.82. The minimum atomic E-state index is -1.73. The van der Waals surface area contributed by atoms with Gasteiger partial charge in [0.1, 0.15) is 17.6 Å². The van der Waals surface area contributed by atoms with E-state index in [0.29, 0.717) is 19.4 Å². The maximum Gasteiger partial charge on any atom is 0.336 e. The number of ether oxygens (including phenoxy) is 2. The van der Waals surface area contributed by atoms with E-state index in [9.17, 15) is 19.5 Å². The van der Waals surface area contributed by atoms with Crippen LogP contribution in [0, 0.1) is 13.8 Å². The summed E-state index contributed by atoms with van der Waals surface area (Å²) >= 11 is 1.18. The number of aromatic nitrogens is 2. The molecule has 12 heteroatoms. The molecule has 0 aliphatic rings. The molecule has 0 bridgehead atoms. The fourth-order valence-electron chi connectivity index (χ4n) is 4.66. The molecule has 11 nitrogen and oxygen atoms in total. The zero-order valence-corrected chi connectivity index (χ0v) is 25.9. The van der Waals surface area contributed by atoms with Gasteiger partial charge in [-0.15, -0.1) is 0 Å². The number of aryl methyl sites for hydroxylation is 3. The van der Waals surface area contributed by atoms with Crippen molar-refractivity contribution in [1.29, 1.82) is 0 Å². The van der Waals surface area contributed by atoms with Crippen LogP contribution in [0.25, 0.3) is 11.0 Å². The van der Waals surface area contributed by atoms with Crippen molar-refractivity contribution in [3.8, 4) is 0 Å². The number of unbranched alkanes of at least 4 members (excludes halogenated alkanes) is 4. The number of fused-ring (bicyclic) bond motifs is 1. The number of carbonyl (C=O) groups excluding carboxylic acids is 1. The number of amides is 1. The predicted octanol–water partition coefficient (Wildman–Crippen LogP) is 4.70. The number of hydrogen-bond donors (Lipinski definition) is 3. The largest absolute Gasteiger partial charge is 0.480 e. The number of likely N-dealkylation sites (N-methyl/N-ethyl adjacent to an activating group) is 1. The summed E-state index contributed by atoms with van der Waals surface area (Å²) in [5.74, 6) is -3.32. The lowest BCUT2D eigenvalue weighted by molar-refractivity contribution is -0.175. The van der Waals surface area contributed by atoms with Crippen molar-refractivity contribution >= 4 is 46.3 Å². The number of nitrogens with one attached hydrogen (secondary N) is 1. The van der Waals surface area contributed by atoms with Crippen molar-refractivity contribution < 1.29 is 34.1 Å².